The highest BCUT2D eigenvalue weighted by Crippen LogP contribution is 2.10. The third kappa shape index (κ3) is 5.42. The van der Waals surface area contributed by atoms with Gasteiger partial charge in [0.15, 0.2) is 6.61 Å². The zero-order chi connectivity index (χ0) is 14.9. The molecule has 0 aliphatic rings. The third-order valence-electron chi connectivity index (χ3n) is 2.77. The molecule has 0 aliphatic heterocycles. The Balaban J connectivity index is 1.71. The summed E-state index contributed by atoms with van der Waals surface area (Å²) in [7, 11) is 0. The molecule has 0 atom stereocenters. The van der Waals surface area contributed by atoms with E-state index < -0.39 is 0 Å². The molecule has 0 aromatic heterocycles. The number of ether oxygens (including phenoxy) is 1. The summed E-state index contributed by atoms with van der Waals surface area (Å²) in [4.78, 5) is 11.6. The minimum atomic E-state index is -0.182. The fourth-order valence-electron chi connectivity index (χ4n) is 1.64. The predicted molar refractivity (Wildman–Crippen MR) is 83.0 cm³/mol. The van der Waals surface area contributed by atoms with Crippen molar-refractivity contribution in [3.05, 3.63) is 65.7 Å². The number of carbonyl (C=O) groups is 1. The molecule has 3 nitrogen and oxygen atoms in total. The van der Waals surface area contributed by atoms with E-state index in [0.717, 1.165) is 11.1 Å². The first-order valence-corrected chi connectivity index (χ1v) is 6.74. The minimum absolute atomic E-state index is 0.00389. The SMILES string of the molecule is Cc1ccc(OCC(=O)NCC#Cc2ccccc2)cc1. The Morgan fingerprint density at radius 3 is 2.52 bits per heavy atom. The highest BCUT2D eigenvalue weighted by Gasteiger charge is 2.00. The van der Waals surface area contributed by atoms with Crippen LogP contribution < -0.4 is 10.1 Å². The molecule has 2 rings (SSSR count). The van der Waals surface area contributed by atoms with Crippen LogP contribution in [0.25, 0.3) is 0 Å². The lowest BCUT2D eigenvalue weighted by Gasteiger charge is -2.05. The second-order valence-corrected chi connectivity index (χ2v) is 4.55. The van der Waals surface area contributed by atoms with Gasteiger partial charge in [-0.15, -0.1) is 0 Å². The van der Waals surface area contributed by atoms with Crippen LogP contribution in [0.15, 0.2) is 54.6 Å². The molecule has 0 spiro atoms. The van der Waals surface area contributed by atoms with Crippen LogP contribution in [-0.4, -0.2) is 19.1 Å². The summed E-state index contributed by atoms with van der Waals surface area (Å²) in [6.07, 6.45) is 0. The largest absolute Gasteiger partial charge is 0.484 e. The number of aryl methyl sites for hydroxylation is 1. The summed E-state index contributed by atoms with van der Waals surface area (Å²) in [5.74, 6) is 6.38. The van der Waals surface area contributed by atoms with Crippen LogP contribution >= 0.6 is 0 Å². The van der Waals surface area contributed by atoms with Crippen molar-refractivity contribution in [3.63, 3.8) is 0 Å². The molecule has 0 bridgehead atoms. The van der Waals surface area contributed by atoms with E-state index >= 15 is 0 Å². The van der Waals surface area contributed by atoms with Gasteiger partial charge in [-0.05, 0) is 31.2 Å². The summed E-state index contributed by atoms with van der Waals surface area (Å²) < 4.78 is 5.38. The lowest BCUT2D eigenvalue weighted by molar-refractivity contribution is -0.122. The Bertz CT molecular complexity index is 636. The number of hydrogen-bond acceptors (Lipinski definition) is 2. The fraction of sp³-hybridized carbons (Fsp3) is 0.167. The highest BCUT2D eigenvalue weighted by molar-refractivity contribution is 5.77. The van der Waals surface area contributed by atoms with Crippen LogP contribution in [0, 0.1) is 18.8 Å². The van der Waals surface area contributed by atoms with Crippen molar-refractivity contribution in [2.45, 2.75) is 6.92 Å². The molecular weight excluding hydrogens is 262 g/mol. The summed E-state index contributed by atoms with van der Waals surface area (Å²) in [5.41, 5.74) is 2.09. The summed E-state index contributed by atoms with van der Waals surface area (Å²) in [5, 5.41) is 2.70. The molecule has 3 heteroatoms. The topological polar surface area (TPSA) is 38.3 Å². The van der Waals surface area contributed by atoms with Crippen LogP contribution in [0.1, 0.15) is 11.1 Å². The molecule has 1 N–H and O–H groups in total. The monoisotopic (exact) mass is 279 g/mol. The van der Waals surface area contributed by atoms with E-state index in [1.165, 1.54) is 0 Å². The summed E-state index contributed by atoms with van der Waals surface area (Å²) >= 11 is 0. The summed E-state index contributed by atoms with van der Waals surface area (Å²) in [6.45, 7) is 2.31. The molecule has 1 amide bonds. The Kier molecular flexibility index (Phi) is 5.42. The normalized spacial score (nSPS) is 9.38. The molecule has 0 unspecified atom stereocenters. The molecular formula is C18H17NO2. The Morgan fingerprint density at radius 1 is 1.10 bits per heavy atom. The van der Waals surface area contributed by atoms with Crippen molar-refractivity contribution < 1.29 is 9.53 Å². The lowest BCUT2D eigenvalue weighted by Crippen LogP contribution is -2.29. The average molecular weight is 279 g/mol. The molecule has 2 aromatic carbocycles. The van der Waals surface area contributed by atoms with Gasteiger partial charge in [0.2, 0.25) is 0 Å². The van der Waals surface area contributed by atoms with Gasteiger partial charge in [-0.2, -0.15) is 0 Å². The number of hydrogen-bond donors (Lipinski definition) is 1. The predicted octanol–water partition coefficient (Wildman–Crippen LogP) is 2.54. The van der Waals surface area contributed by atoms with E-state index in [0.29, 0.717) is 12.3 Å². The van der Waals surface area contributed by atoms with Crippen molar-refractivity contribution in [2.24, 2.45) is 0 Å². The van der Waals surface area contributed by atoms with Gasteiger partial charge >= 0.3 is 0 Å². The van der Waals surface area contributed by atoms with Gasteiger partial charge < -0.3 is 10.1 Å². The number of amides is 1. The molecule has 21 heavy (non-hydrogen) atoms. The van der Waals surface area contributed by atoms with Crippen LogP contribution in [0.2, 0.25) is 0 Å². The van der Waals surface area contributed by atoms with Crippen molar-refractivity contribution in [3.8, 4) is 17.6 Å². The zero-order valence-electron chi connectivity index (χ0n) is 11.9. The second kappa shape index (κ2) is 7.76. The van der Waals surface area contributed by atoms with Crippen LogP contribution in [0.3, 0.4) is 0 Å². The molecule has 106 valence electrons. The molecule has 0 saturated carbocycles. The van der Waals surface area contributed by atoms with Gasteiger partial charge in [-0.3, -0.25) is 4.79 Å². The lowest BCUT2D eigenvalue weighted by atomic mass is 10.2. The molecule has 2 aromatic rings. The van der Waals surface area contributed by atoms with Gasteiger partial charge in [0.25, 0.3) is 5.91 Å². The first-order valence-electron chi connectivity index (χ1n) is 6.74. The minimum Gasteiger partial charge on any atom is -0.484 e. The maximum absolute atomic E-state index is 11.6. The highest BCUT2D eigenvalue weighted by atomic mass is 16.5. The Labute approximate surface area is 125 Å². The Hall–Kier alpha value is -2.73. The van der Waals surface area contributed by atoms with E-state index in [9.17, 15) is 4.79 Å². The first kappa shape index (κ1) is 14.7. The van der Waals surface area contributed by atoms with Gasteiger partial charge in [-0.1, -0.05) is 47.7 Å². The van der Waals surface area contributed by atoms with E-state index in [4.69, 9.17) is 4.74 Å². The van der Waals surface area contributed by atoms with Crippen molar-refractivity contribution >= 4 is 5.91 Å². The first-order chi connectivity index (χ1) is 10.2. The van der Waals surface area contributed by atoms with E-state index in [-0.39, 0.29) is 12.5 Å². The molecule has 0 radical (unpaired) electrons. The van der Waals surface area contributed by atoms with Crippen LogP contribution in [0.4, 0.5) is 0 Å². The van der Waals surface area contributed by atoms with E-state index in [2.05, 4.69) is 17.2 Å². The maximum atomic E-state index is 11.6. The van der Waals surface area contributed by atoms with Gasteiger partial charge in [0, 0.05) is 5.56 Å². The van der Waals surface area contributed by atoms with Gasteiger partial charge in [-0.25, -0.2) is 0 Å². The van der Waals surface area contributed by atoms with Crippen molar-refractivity contribution in [1.29, 1.82) is 0 Å². The van der Waals surface area contributed by atoms with Gasteiger partial charge in [0.1, 0.15) is 5.75 Å². The number of nitrogens with one attached hydrogen (secondary N) is 1. The van der Waals surface area contributed by atoms with Crippen molar-refractivity contribution in [1.82, 2.24) is 5.32 Å². The fourth-order valence-corrected chi connectivity index (χ4v) is 1.64. The number of benzene rings is 2. The molecule has 0 heterocycles. The van der Waals surface area contributed by atoms with Gasteiger partial charge in [0.05, 0.1) is 6.54 Å². The molecule has 0 fully saturated rings. The standard InChI is InChI=1S/C18H17NO2/c1-15-9-11-17(12-10-15)21-14-18(20)19-13-5-8-16-6-3-2-4-7-16/h2-4,6-7,9-12H,13-14H2,1H3,(H,19,20). The van der Waals surface area contributed by atoms with Crippen LogP contribution in [-0.2, 0) is 4.79 Å². The van der Waals surface area contributed by atoms with Crippen LogP contribution in [0.5, 0.6) is 5.75 Å². The summed E-state index contributed by atoms with van der Waals surface area (Å²) in [6, 6.07) is 17.2. The second-order valence-electron chi connectivity index (χ2n) is 4.55. The Morgan fingerprint density at radius 2 is 1.81 bits per heavy atom. The molecule has 0 aliphatic carbocycles. The quantitative estimate of drug-likeness (QED) is 0.873. The number of rotatable bonds is 4. The molecule has 0 saturated heterocycles. The van der Waals surface area contributed by atoms with E-state index in [1.54, 1.807) is 0 Å². The average Bonchev–Trinajstić information content (AvgIpc) is 2.52. The maximum Gasteiger partial charge on any atom is 0.258 e. The van der Waals surface area contributed by atoms with Crippen molar-refractivity contribution in [2.75, 3.05) is 13.2 Å². The number of carbonyl (C=O) groups excluding carboxylic acids is 1. The smallest absolute Gasteiger partial charge is 0.258 e. The van der Waals surface area contributed by atoms with E-state index in [1.807, 2.05) is 61.5 Å². The third-order valence-corrected chi connectivity index (χ3v) is 2.77. The zero-order valence-corrected chi connectivity index (χ0v) is 11.9.